The molecule has 0 heterocycles. The quantitative estimate of drug-likeness (QED) is 0.558. The molecule has 0 spiro atoms. The van der Waals surface area contributed by atoms with Gasteiger partial charge in [-0.25, -0.2) is 8.78 Å². The van der Waals surface area contributed by atoms with Gasteiger partial charge in [0.15, 0.2) is 11.6 Å². The van der Waals surface area contributed by atoms with Gasteiger partial charge in [0.05, 0.1) is 0 Å². The van der Waals surface area contributed by atoms with Crippen LogP contribution in [-0.2, 0) is 6.42 Å². The van der Waals surface area contributed by atoms with E-state index in [1.165, 1.54) is 0 Å². The Hall–Kier alpha value is -1.40. The summed E-state index contributed by atoms with van der Waals surface area (Å²) in [5, 5.41) is 3.37. The second-order valence-electron chi connectivity index (χ2n) is 4.66. The molecule has 0 aliphatic carbocycles. The Morgan fingerprint density at radius 2 is 2.16 bits per heavy atom. The zero-order valence-corrected chi connectivity index (χ0v) is 11.4. The lowest BCUT2D eigenvalue weighted by Gasteiger charge is -2.18. The van der Waals surface area contributed by atoms with Crippen molar-refractivity contribution in [1.82, 2.24) is 5.32 Å². The molecule has 0 aromatic heterocycles. The van der Waals surface area contributed by atoms with Crippen LogP contribution in [0.5, 0.6) is 0 Å². The molecule has 1 aromatic carbocycles. The van der Waals surface area contributed by atoms with Gasteiger partial charge in [-0.15, -0.1) is 12.3 Å². The van der Waals surface area contributed by atoms with E-state index in [9.17, 15) is 8.78 Å². The second kappa shape index (κ2) is 8.66. The molecule has 1 aromatic rings. The summed E-state index contributed by atoms with van der Waals surface area (Å²) in [7, 11) is 0. The van der Waals surface area contributed by atoms with Crippen LogP contribution in [0.15, 0.2) is 18.2 Å². The summed E-state index contributed by atoms with van der Waals surface area (Å²) in [6.07, 6.45) is 9.23. The van der Waals surface area contributed by atoms with E-state index in [0.29, 0.717) is 12.0 Å². The number of halogens is 2. The molecule has 1 rings (SSSR count). The number of rotatable bonds is 8. The highest BCUT2D eigenvalue weighted by Gasteiger charge is 2.13. The summed E-state index contributed by atoms with van der Waals surface area (Å²) >= 11 is 0. The van der Waals surface area contributed by atoms with Crippen LogP contribution in [0.1, 0.15) is 38.2 Å². The van der Waals surface area contributed by atoms with E-state index in [1.54, 1.807) is 12.1 Å². The van der Waals surface area contributed by atoms with Gasteiger partial charge in [0.25, 0.3) is 0 Å². The van der Waals surface area contributed by atoms with E-state index < -0.39 is 11.6 Å². The molecule has 0 aliphatic rings. The van der Waals surface area contributed by atoms with Crippen molar-refractivity contribution in [2.45, 2.75) is 45.1 Å². The normalized spacial score (nSPS) is 12.1. The fraction of sp³-hybridized carbons (Fsp3) is 0.500. The molecule has 1 N–H and O–H groups in total. The van der Waals surface area contributed by atoms with Crippen LogP contribution in [-0.4, -0.2) is 12.6 Å². The van der Waals surface area contributed by atoms with Crippen molar-refractivity contribution < 1.29 is 8.78 Å². The molecular formula is C16H21F2N. The fourth-order valence-corrected chi connectivity index (χ4v) is 2.05. The summed E-state index contributed by atoms with van der Waals surface area (Å²) in [6.45, 7) is 2.95. The SMILES string of the molecule is C#CCCCC(Cc1cccc(F)c1F)NCCC. The highest BCUT2D eigenvalue weighted by atomic mass is 19.2. The molecule has 19 heavy (non-hydrogen) atoms. The van der Waals surface area contributed by atoms with Gasteiger partial charge in [-0.05, 0) is 43.9 Å². The van der Waals surface area contributed by atoms with E-state index in [1.807, 2.05) is 0 Å². The molecule has 1 atom stereocenters. The van der Waals surface area contributed by atoms with Gasteiger partial charge in [0.2, 0.25) is 0 Å². The molecule has 0 aliphatic heterocycles. The van der Waals surface area contributed by atoms with Gasteiger partial charge in [-0.2, -0.15) is 0 Å². The Labute approximate surface area is 114 Å². The number of hydrogen-bond donors (Lipinski definition) is 1. The molecule has 3 heteroatoms. The minimum Gasteiger partial charge on any atom is -0.314 e. The Bertz CT molecular complexity index is 423. The fourth-order valence-electron chi connectivity index (χ4n) is 2.05. The van der Waals surface area contributed by atoms with Gasteiger partial charge in [-0.1, -0.05) is 19.1 Å². The van der Waals surface area contributed by atoms with E-state index in [4.69, 9.17) is 6.42 Å². The molecule has 104 valence electrons. The van der Waals surface area contributed by atoms with E-state index in [-0.39, 0.29) is 6.04 Å². The van der Waals surface area contributed by atoms with Crippen LogP contribution in [0.3, 0.4) is 0 Å². The van der Waals surface area contributed by atoms with Crippen molar-refractivity contribution in [2.24, 2.45) is 0 Å². The van der Waals surface area contributed by atoms with Crippen LogP contribution in [0.4, 0.5) is 8.78 Å². The van der Waals surface area contributed by atoms with Crippen LogP contribution in [0, 0.1) is 24.0 Å². The first-order valence-electron chi connectivity index (χ1n) is 6.78. The van der Waals surface area contributed by atoms with Gasteiger partial charge >= 0.3 is 0 Å². The number of unbranched alkanes of at least 4 members (excludes halogenated alkanes) is 1. The molecule has 1 unspecified atom stereocenters. The third-order valence-electron chi connectivity index (χ3n) is 3.05. The average Bonchev–Trinajstić information content (AvgIpc) is 2.41. The molecule has 0 saturated carbocycles. The van der Waals surface area contributed by atoms with Crippen molar-refractivity contribution in [3.63, 3.8) is 0 Å². The topological polar surface area (TPSA) is 12.0 Å². The number of hydrogen-bond acceptors (Lipinski definition) is 1. The molecule has 0 saturated heterocycles. The lowest BCUT2D eigenvalue weighted by Crippen LogP contribution is -2.32. The minimum absolute atomic E-state index is 0.143. The first-order valence-corrected chi connectivity index (χ1v) is 6.78. The maximum atomic E-state index is 13.6. The average molecular weight is 265 g/mol. The smallest absolute Gasteiger partial charge is 0.162 e. The molecule has 0 radical (unpaired) electrons. The van der Waals surface area contributed by atoms with Crippen molar-refractivity contribution in [3.8, 4) is 12.3 Å². The Kier molecular flexibility index (Phi) is 7.14. The maximum Gasteiger partial charge on any atom is 0.162 e. The number of benzene rings is 1. The van der Waals surface area contributed by atoms with Gasteiger partial charge in [0.1, 0.15) is 0 Å². The lowest BCUT2D eigenvalue weighted by atomic mass is 10.00. The lowest BCUT2D eigenvalue weighted by molar-refractivity contribution is 0.447. The van der Waals surface area contributed by atoms with Crippen LogP contribution < -0.4 is 5.32 Å². The summed E-state index contributed by atoms with van der Waals surface area (Å²) in [4.78, 5) is 0. The molecule has 0 bridgehead atoms. The van der Waals surface area contributed by atoms with E-state index in [2.05, 4.69) is 18.2 Å². The molecule has 0 fully saturated rings. The van der Waals surface area contributed by atoms with Crippen LogP contribution in [0.2, 0.25) is 0 Å². The standard InChI is InChI=1S/C16H21F2N/c1-3-5-6-9-14(19-11-4-2)12-13-8-7-10-15(17)16(13)18/h1,7-8,10,14,19H,4-6,9,11-12H2,2H3. The molecule has 1 nitrogen and oxygen atoms in total. The van der Waals surface area contributed by atoms with Gasteiger partial charge in [0, 0.05) is 12.5 Å². The first-order chi connectivity index (χ1) is 9.19. The third kappa shape index (κ3) is 5.40. The second-order valence-corrected chi connectivity index (χ2v) is 4.66. The van der Waals surface area contributed by atoms with Gasteiger partial charge < -0.3 is 5.32 Å². The van der Waals surface area contributed by atoms with Crippen molar-refractivity contribution >= 4 is 0 Å². The predicted octanol–water partition coefficient (Wildman–Crippen LogP) is 3.68. The minimum atomic E-state index is -0.782. The first kappa shape index (κ1) is 15.7. The third-order valence-corrected chi connectivity index (χ3v) is 3.05. The largest absolute Gasteiger partial charge is 0.314 e. The summed E-state index contributed by atoms with van der Waals surface area (Å²) < 4.78 is 26.8. The van der Waals surface area contributed by atoms with E-state index >= 15 is 0 Å². The zero-order valence-electron chi connectivity index (χ0n) is 11.4. The number of nitrogens with one attached hydrogen (secondary N) is 1. The summed E-state index contributed by atoms with van der Waals surface area (Å²) in [5.74, 6) is 1.09. The van der Waals surface area contributed by atoms with Crippen LogP contribution in [0.25, 0.3) is 0 Å². The highest BCUT2D eigenvalue weighted by Crippen LogP contribution is 2.15. The molecular weight excluding hydrogens is 244 g/mol. The maximum absolute atomic E-state index is 13.6. The Morgan fingerprint density at radius 1 is 1.37 bits per heavy atom. The van der Waals surface area contributed by atoms with Crippen molar-refractivity contribution in [3.05, 3.63) is 35.4 Å². The Morgan fingerprint density at radius 3 is 2.84 bits per heavy atom. The van der Waals surface area contributed by atoms with Gasteiger partial charge in [-0.3, -0.25) is 0 Å². The van der Waals surface area contributed by atoms with Crippen LogP contribution >= 0.6 is 0 Å². The summed E-state index contributed by atoms with van der Waals surface area (Å²) in [6, 6.07) is 4.47. The van der Waals surface area contributed by atoms with Crippen molar-refractivity contribution in [2.75, 3.05) is 6.54 Å². The highest BCUT2D eigenvalue weighted by molar-refractivity contribution is 5.20. The molecule has 0 amide bonds. The number of terminal acetylenes is 1. The predicted molar refractivity (Wildman–Crippen MR) is 74.8 cm³/mol. The van der Waals surface area contributed by atoms with E-state index in [0.717, 1.165) is 38.3 Å². The monoisotopic (exact) mass is 265 g/mol. The summed E-state index contributed by atoms with van der Waals surface area (Å²) in [5.41, 5.74) is 0.425. The van der Waals surface area contributed by atoms with Crippen molar-refractivity contribution in [1.29, 1.82) is 0 Å². The zero-order chi connectivity index (χ0) is 14.1. The Balaban J connectivity index is 2.64.